The van der Waals surface area contributed by atoms with Gasteiger partial charge in [0.05, 0.1) is 19.3 Å². The van der Waals surface area contributed by atoms with E-state index in [0.717, 1.165) is 11.4 Å². The molecule has 2 heterocycles. The minimum absolute atomic E-state index is 0.204. The fourth-order valence-electron chi connectivity index (χ4n) is 3.43. The Bertz CT molecular complexity index is 1080. The van der Waals surface area contributed by atoms with Crippen LogP contribution in [-0.4, -0.2) is 82.8 Å². The van der Waals surface area contributed by atoms with E-state index in [2.05, 4.69) is 25.6 Å². The largest absolute Gasteiger partial charge is 0.465 e. The van der Waals surface area contributed by atoms with Crippen LogP contribution in [0.4, 0.5) is 16.4 Å². The molecule has 0 spiro atoms. The summed E-state index contributed by atoms with van der Waals surface area (Å²) in [4.78, 5) is 40.8. The fraction of sp³-hybridized carbons (Fsp3) is 0.391. The van der Waals surface area contributed by atoms with Crippen molar-refractivity contribution in [1.82, 2.24) is 19.8 Å². The van der Waals surface area contributed by atoms with Gasteiger partial charge < -0.3 is 24.6 Å². The minimum Gasteiger partial charge on any atom is -0.465 e. The van der Waals surface area contributed by atoms with Crippen LogP contribution in [0, 0.1) is 13.8 Å². The zero-order chi connectivity index (χ0) is 25.4. The van der Waals surface area contributed by atoms with E-state index >= 15 is 0 Å². The topological polar surface area (TPSA) is 121 Å². The molecular weight excluding hydrogens is 470 g/mol. The summed E-state index contributed by atoms with van der Waals surface area (Å²) in [7, 11) is 1.33. The van der Waals surface area contributed by atoms with Crippen molar-refractivity contribution in [1.29, 1.82) is 0 Å². The number of anilines is 2. The van der Waals surface area contributed by atoms with Gasteiger partial charge >= 0.3 is 12.1 Å². The third kappa shape index (κ3) is 7.34. The lowest BCUT2D eigenvalue weighted by atomic mass is 10.2. The third-order valence-corrected chi connectivity index (χ3v) is 5.27. The standard InChI is InChI=1S/C23H29N7O4S/c1-5-34-23(32)30-12-10-29(11-13-30)21(27-20-24-15(2)14-16(3)25-20)28-22(35)26-18-8-6-17(7-9-18)19(31)33-4/h6-9,14H,5,10-13H2,1-4H3,(H2,24,25,26,27,28,35). The Balaban J connectivity index is 1.77. The summed E-state index contributed by atoms with van der Waals surface area (Å²) in [5, 5.41) is 6.43. The van der Waals surface area contributed by atoms with Crippen molar-refractivity contribution < 1.29 is 19.1 Å². The number of hydrogen-bond donors (Lipinski definition) is 2. The number of nitrogens with one attached hydrogen (secondary N) is 2. The second-order valence-electron chi connectivity index (χ2n) is 7.71. The van der Waals surface area contributed by atoms with Gasteiger partial charge in [-0.1, -0.05) is 0 Å². The first-order valence-electron chi connectivity index (χ1n) is 11.1. The van der Waals surface area contributed by atoms with Crippen LogP contribution in [0.25, 0.3) is 0 Å². The predicted octanol–water partition coefficient (Wildman–Crippen LogP) is 2.82. The summed E-state index contributed by atoms with van der Waals surface area (Å²) in [6.45, 7) is 7.88. The number of methoxy groups -OCH3 is 1. The number of benzene rings is 1. The molecule has 0 bridgehead atoms. The highest BCUT2D eigenvalue weighted by atomic mass is 32.1. The number of aromatic nitrogens is 2. The fourth-order valence-corrected chi connectivity index (χ4v) is 3.63. The van der Waals surface area contributed by atoms with Crippen LogP contribution in [0.2, 0.25) is 0 Å². The molecule has 11 nitrogen and oxygen atoms in total. The van der Waals surface area contributed by atoms with Crippen LogP contribution in [0.5, 0.6) is 0 Å². The van der Waals surface area contributed by atoms with Gasteiger partial charge in [-0.25, -0.2) is 19.6 Å². The molecule has 35 heavy (non-hydrogen) atoms. The Morgan fingerprint density at radius 2 is 1.63 bits per heavy atom. The molecule has 186 valence electrons. The molecule has 0 unspecified atom stereocenters. The number of ether oxygens (including phenoxy) is 2. The molecule has 12 heteroatoms. The molecule has 1 aromatic heterocycles. The lowest BCUT2D eigenvalue weighted by molar-refractivity contribution is 0.0600. The highest BCUT2D eigenvalue weighted by Crippen LogP contribution is 2.13. The van der Waals surface area contributed by atoms with Gasteiger partial charge in [-0.2, -0.15) is 4.99 Å². The van der Waals surface area contributed by atoms with Crippen LogP contribution >= 0.6 is 12.2 Å². The molecule has 3 rings (SSSR count). The number of aliphatic imine (C=N–C) groups is 1. The monoisotopic (exact) mass is 499 g/mol. The molecule has 1 amide bonds. The van der Waals surface area contributed by atoms with Crippen molar-refractivity contribution in [3.8, 4) is 0 Å². The average Bonchev–Trinajstić information content (AvgIpc) is 2.83. The second kappa shape index (κ2) is 12.1. The molecular formula is C23H29N7O4S. The van der Waals surface area contributed by atoms with Crippen LogP contribution in [0.15, 0.2) is 35.3 Å². The van der Waals surface area contributed by atoms with Crippen LogP contribution in [0.3, 0.4) is 0 Å². The van der Waals surface area contributed by atoms with E-state index in [-0.39, 0.29) is 11.2 Å². The maximum Gasteiger partial charge on any atom is 0.409 e. The van der Waals surface area contributed by atoms with Gasteiger partial charge in [0, 0.05) is 43.3 Å². The number of aryl methyl sites for hydroxylation is 2. The number of rotatable bonds is 4. The number of esters is 1. The summed E-state index contributed by atoms with van der Waals surface area (Å²) in [5.74, 6) is 0.445. The SMILES string of the molecule is CCOC(=O)N1CCN(/C(=N\C(=S)Nc2ccc(C(=O)OC)cc2)Nc2nc(C)cc(C)n2)CC1. The summed E-state index contributed by atoms with van der Waals surface area (Å²) in [6.07, 6.45) is -0.330. The molecule has 0 atom stereocenters. The van der Waals surface area contributed by atoms with Crippen LogP contribution in [0.1, 0.15) is 28.7 Å². The molecule has 1 saturated heterocycles. The first-order valence-corrected chi connectivity index (χ1v) is 11.5. The summed E-state index contributed by atoms with van der Waals surface area (Å²) in [5.41, 5.74) is 2.73. The second-order valence-corrected chi connectivity index (χ2v) is 8.09. The van der Waals surface area contributed by atoms with Crippen molar-refractivity contribution in [2.24, 2.45) is 4.99 Å². The smallest absolute Gasteiger partial charge is 0.409 e. The molecule has 0 radical (unpaired) electrons. The Hall–Kier alpha value is -3.80. The molecule has 1 aromatic carbocycles. The number of carbonyl (C=O) groups excluding carboxylic acids is 2. The molecule has 2 N–H and O–H groups in total. The van der Waals surface area contributed by atoms with Crippen molar-refractivity contribution >= 4 is 47.0 Å². The number of carbonyl (C=O) groups is 2. The number of guanidine groups is 1. The Kier molecular flexibility index (Phi) is 8.90. The lowest BCUT2D eigenvalue weighted by Gasteiger charge is -2.35. The number of amides is 1. The lowest BCUT2D eigenvalue weighted by Crippen LogP contribution is -2.52. The molecule has 0 saturated carbocycles. The van der Waals surface area contributed by atoms with E-state index in [4.69, 9.17) is 21.7 Å². The molecule has 1 aliphatic rings. The zero-order valence-electron chi connectivity index (χ0n) is 20.2. The van der Waals surface area contributed by atoms with Crippen LogP contribution in [-0.2, 0) is 9.47 Å². The van der Waals surface area contributed by atoms with Gasteiger partial charge in [-0.15, -0.1) is 0 Å². The minimum atomic E-state index is -0.418. The number of thiocarbonyl (C=S) groups is 1. The molecule has 1 aliphatic heterocycles. The maximum absolute atomic E-state index is 12.1. The molecule has 2 aromatic rings. The van der Waals surface area contributed by atoms with Gasteiger partial charge in [-0.05, 0) is 63.3 Å². The van der Waals surface area contributed by atoms with E-state index in [1.54, 1.807) is 36.1 Å². The van der Waals surface area contributed by atoms with E-state index in [1.807, 2.05) is 24.8 Å². The third-order valence-electron chi connectivity index (χ3n) is 5.08. The Labute approximate surface area is 209 Å². The Morgan fingerprint density at radius 3 is 2.20 bits per heavy atom. The van der Waals surface area contributed by atoms with Crippen LogP contribution < -0.4 is 10.6 Å². The van der Waals surface area contributed by atoms with Gasteiger partial charge in [0.2, 0.25) is 17.0 Å². The first kappa shape index (κ1) is 25.8. The maximum atomic E-state index is 12.1. The van der Waals surface area contributed by atoms with E-state index in [0.29, 0.717) is 55.9 Å². The van der Waals surface area contributed by atoms with Crippen molar-refractivity contribution in [3.63, 3.8) is 0 Å². The highest BCUT2D eigenvalue weighted by Gasteiger charge is 2.25. The normalized spacial score (nSPS) is 13.8. The average molecular weight is 500 g/mol. The van der Waals surface area contributed by atoms with Crippen molar-refractivity contribution in [2.45, 2.75) is 20.8 Å². The first-order chi connectivity index (χ1) is 16.8. The van der Waals surface area contributed by atoms with Gasteiger partial charge in [0.1, 0.15) is 0 Å². The summed E-state index contributed by atoms with van der Waals surface area (Å²) < 4.78 is 9.82. The summed E-state index contributed by atoms with van der Waals surface area (Å²) in [6, 6.07) is 8.58. The Morgan fingerprint density at radius 1 is 1.03 bits per heavy atom. The van der Waals surface area contributed by atoms with E-state index in [1.165, 1.54) is 7.11 Å². The summed E-state index contributed by atoms with van der Waals surface area (Å²) >= 11 is 5.47. The zero-order valence-corrected chi connectivity index (χ0v) is 21.0. The quantitative estimate of drug-likeness (QED) is 0.281. The molecule has 0 aliphatic carbocycles. The van der Waals surface area contributed by atoms with E-state index < -0.39 is 5.97 Å². The number of piperazine rings is 1. The predicted molar refractivity (Wildman–Crippen MR) is 137 cm³/mol. The van der Waals surface area contributed by atoms with Gasteiger partial charge in [-0.3, -0.25) is 5.32 Å². The number of nitrogens with zero attached hydrogens (tertiary/aromatic N) is 5. The van der Waals surface area contributed by atoms with Gasteiger partial charge in [0.15, 0.2) is 0 Å². The molecule has 1 fully saturated rings. The number of hydrogen-bond acceptors (Lipinski definition) is 7. The highest BCUT2D eigenvalue weighted by molar-refractivity contribution is 7.80. The van der Waals surface area contributed by atoms with Crippen molar-refractivity contribution in [3.05, 3.63) is 47.3 Å². The van der Waals surface area contributed by atoms with Gasteiger partial charge in [0.25, 0.3) is 0 Å². The van der Waals surface area contributed by atoms with E-state index in [9.17, 15) is 9.59 Å². The van der Waals surface area contributed by atoms with Crippen molar-refractivity contribution in [2.75, 3.05) is 50.5 Å².